The van der Waals surface area contributed by atoms with Crippen LogP contribution in [0.2, 0.25) is 0 Å². The molecule has 2 aliphatic rings. The van der Waals surface area contributed by atoms with Gasteiger partial charge in [0.2, 0.25) is 0 Å². The van der Waals surface area contributed by atoms with Gasteiger partial charge in [0.15, 0.2) is 5.82 Å². The Morgan fingerprint density at radius 2 is 2.60 bits per heavy atom. The number of ether oxygens (including phenoxy) is 1. The number of aliphatic hydroxyl groups is 1. The topological polar surface area (TPSA) is 67.5 Å². The maximum atomic E-state index is 9.04. The van der Waals surface area contributed by atoms with Crippen molar-refractivity contribution in [3.63, 3.8) is 0 Å². The summed E-state index contributed by atoms with van der Waals surface area (Å²) in [5, 5.41) is 12.1. The molecule has 0 bridgehead atoms. The lowest BCUT2D eigenvalue weighted by atomic mass is 10.2. The number of fused-ring (bicyclic) bond motifs is 1. The lowest BCUT2D eigenvalue weighted by Crippen LogP contribution is -2.44. The normalized spacial score (nSPS) is 23.3. The van der Waals surface area contributed by atoms with Crippen LogP contribution in [-0.4, -0.2) is 42.5 Å². The minimum atomic E-state index is -0.0735. The van der Waals surface area contributed by atoms with Crippen molar-refractivity contribution in [1.82, 2.24) is 4.98 Å². The van der Waals surface area contributed by atoms with Gasteiger partial charge in [0.1, 0.15) is 0 Å². The molecule has 1 atom stereocenters. The molecular formula is C10H13N3O2. The van der Waals surface area contributed by atoms with E-state index in [0.717, 1.165) is 30.3 Å². The molecule has 0 saturated carbocycles. The van der Waals surface area contributed by atoms with E-state index in [1.54, 1.807) is 0 Å². The molecule has 1 fully saturated rings. The van der Waals surface area contributed by atoms with Crippen molar-refractivity contribution in [3.8, 4) is 0 Å². The van der Waals surface area contributed by atoms with E-state index in [0.29, 0.717) is 6.61 Å². The highest BCUT2D eigenvalue weighted by Crippen LogP contribution is 2.38. The number of nitrogens with one attached hydrogen (secondary N) is 1. The van der Waals surface area contributed by atoms with Gasteiger partial charge in [-0.25, -0.2) is 4.98 Å². The van der Waals surface area contributed by atoms with Gasteiger partial charge >= 0.3 is 0 Å². The van der Waals surface area contributed by atoms with E-state index in [-0.39, 0.29) is 12.7 Å². The fourth-order valence-electron chi connectivity index (χ4n) is 1.86. The Hall–Kier alpha value is -1.33. The lowest BCUT2D eigenvalue weighted by Gasteiger charge is -2.33. The Balaban J connectivity index is 1.76. The number of nitrogens with zero attached hydrogens (tertiary/aromatic N) is 2. The van der Waals surface area contributed by atoms with Gasteiger partial charge in [0.05, 0.1) is 36.9 Å². The average molecular weight is 207 g/mol. The number of pyridine rings is 1. The minimum absolute atomic E-state index is 0.0735. The van der Waals surface area contributed by atoms with Crippen molar-refractivity contribution in [2.24, 2.45) is 0 Å². The third kappa shape index (κ3) is 1.64. The predicted octanol–water partition coefficient (Wildman–Crippen LogP) is 0.336. The SMILES string of the molecule is OCC1CN(c2cnc3c(c2)N3)CCO1. The van der Waals surface area contributed by atoms with Gasteiger partial charge in [-0.1, -0.05) is 0 Å². The third-order valence-electron chi connectivity index (χ3n) is 2.77. The third-order valence-corrected chi connectivity index (χ3v) is 2.77. The van der Waals surface area contributed by atoms with Gasteiger partial charge < -0.3 is 20.1 Å². The van der Waals surface area contributed by atoms with Crippen LogP contribution >= 0.6 is 0 Å². The number of hydrogen-bond donors (Lipinski definition) is 2. The molecule has 80 valence electrons. The van der Waals surface area contributed by atoms with Crippen molar-refractivity contribution in [2.45, 2.75) is 6.10 Å². The predicted molar refractivity (Wildman–Crippen MR) is 56.6 cm³/mol. The number of rotatable bonds is 2. The zero-order valence-electron chi connectivity index (χ0n) is 8.31. The molecule has 3 heterocycles. The summed E-state index contributed by atoms with van der Waals surface area (Å²) in [6.45, 7) is 2.33. The quantitative estimate of drug-likeness (QED) is 0.695. The van der Waals surface area contributed by atoms with Crippen molar-refractivity contribution >= 4 is 17.2 Å². The number of hydrogen-bond acceptors (Lipinski definition) is 5. The van der Waals surface area contributed by atoms with Crippen molar-refractivity contribution in [1.29, 1.82) is 0 Å². The molecule has 2 N–H and O–H groups in total. The van der Waals surface area contributed by atoms with Crippen LogP contribution in [0.15, 0.2) is 12.3 Å². The molecule has 1 saturated heterocycles. The van der Waals surface area contributed by atoms with Gasteiger partial charge in [-0.15, -0.1) is 0 Å². The molecule has 1 aromatic heterocycles. The van der Waals surface area contributed by atoms with E-state index in [4.69, 9.17) is 9.84 Å². The summed E-state index contributed by atoms with van der Waals surface area (Å²) >= 11 is 0. The van der Waals surface area contributed by atoms with Crippen LogP contribution in [0.25, 0.3) is 0 Å². The summed E-state index contributed by atoms with van der Waals surface area (Å²) in [5.41, 5.74) is 2.21. The van der Waals surface area contributed by atoms with E-state index >= 15 is 0 Å². The summed E-state index contributed by atoms with van der Waals surface area (Å²) in [5.74, 6) is 0.978. The molecule has 1 unspecified atom stereocenters. The molecule has 5 nitrogen and oxygen atoms in total. The minimum Gasteiger partial charge on any atom is -0.394 e. The van der Waals surface area contributed by atoms with E-state index in [1.165, 1.54) is 0 Å². The van der Waals surface area contributed by atoms with E-state index in [1.807, 2.05) is 6.20 Å². The first kappa shape index (κ1) is 8.94. The summed E-state index contributed by atoms with van der Waals surface area (Å²) in [4.78, 5) is 6.43. The molecule has 1 aromatic rings. The van der Waals surface area contributed by atoms with Crippen LogP contribution in [0.1, 0.15) is 0 Å². The summed E-state index contributed by atoms with van der Waals surface area (Å²) in [7, 11) is 0. The molecule has 0 amide bonds. The lowest BCUT2D eigenvalue weighted by molar-refractivity contribution is 0.00356. The standard InChI is InChI=1S/C10H13N3O2/c14-6-8-5-13(1-2-15-8)7-3-9-10(12-9)11-4-7/h3-4,8,14H,1-2,5-6H2,(H,11,12). The van der Waals surface area contributed by atoms with Gasteiger partial charge in [0.25, 0.3) is 0 Å². The second-order valence-corrected chi connectivity index (χ2v) is 3.84. The number of aromatic nitrogens is 1. The maximum absolute atomic E-state index is 9.04. The second-order valence-electron chi connectivity index (χ2n) is 3.84. The molecule has 0 aromatic carbocycles. The molecule has 5 heteroatoms. The van der Waals surface area contributed by atoms with Crippen molar-refractivity contribution < 1.29 is 9.84 Å². The van der Waals surface area contributed by atoms with Crippen LogP contribution in [0.3, 0.4) is 0 Å². The largest absolute Gasteiger partial charge is 0.394 e. The molecule has 0 radical (unpaired) electrons. The van der Waals surface area contributed by atoms with Gasteiger partial charge in [-0.3, -0.25) is 0 Å². The summed E-state index contributed by atoms with van der Waals surface area (Å²) < 4.78 is 5.39. The summed E-state index contributed by atoms with van der Waals surface area (Å²) in [6, 6.07) is 2.09. The van der Waals surface area contributed by atoms with Gasteiger partial charge in [0, 0.05) is 13.1 Å². The number of morpholine rings is 1. The Morgan fingerprint density at radius 3 is 3.40 bits per heavy atom. The van der Waals surface area contributed by atoms with Crippen LogP contribution < -0.4 is 10.2 Å². The molecule has 2 aliphatic heterocycles. The molecule has 0 spiro atoms. The smallest absolute Gasteiger partial charge is 0.154 e. The average Bonchev–Trinajstić information content (AvgIpc) is 3.07. The van der Waals surface area contributed by atoms with Gasteiger partial charge in [-0.05, 0) is 6.07 Å². The fraction of sp³-hybridized carbons (Fsp3) is 0.500. The van der Waals surface area contributed by atoms with E-state index in [2.05, 4.69) is 21.3 Å². The Morgan fingerprint density at radius 1 is 1.67 bits per heavy atom. The highest BCUT2D eigenvalue weighted by Gasteiger charge is 2.23. The molecule has 3 rings (SSSR count). The van der Waals surface area contributed by atoms with Crippen LogP contribution in [0, 0.1) is 0 Å². The van der Waals surface area contributed by atoms with E-state index in [9.17, 15) is 0 Å². The van der Waals surface area contributed by atoms with E-state index < -0.39 is 0 Å². The highest BCUT2D eigenvalue weighted by molar-refractivity contribution is 5.88. The van der Waals surface area contributed by atoms with Crippen LogP contribution in [0.4, 0.5) is 17.2 Å². The second kappa shape index (κ2) is 3.36. The monoisotopic (exact) mass is 207 g/mol. The Labute approximate surface area is 87.7 Å². The van der Waals surface area contributed by atoms with Gasteiger partial charge in [-0.2, -0.15) is 0 Å². The first-order valence-electron chi connectivity index (χ1n) is 5.11. The Bertz CT molecular complexity index is 383. The molecule has 15 heavy (non-hydrogen) atoms. The molecule has 0 aliphatic carbocycles. The van der Waals surface area contributed by atoms with Crippen LogP contribution in [0.5, 0.6) is 0 Å². The zero-order valence-corrected chi connectivity index (χ0v) is 8.31. The Kier molecular flexibility index (Phi) is 2.00. The van der Waals surface area contributed by atoms with Crippen LogP contribution in [-0.2, 0) is 4.74 Å². The highest BCUT2D eigenvalue weighted by atomic mass is 16.5. The number of aliphatic hydroxyl groups excluding tert-OH is 1. The first-order valence-corrected chi connectivity index (χ1v) is 5.11. The fourth-order valence-corrected chi connectivity index (χ4v) is 1.86. The first-order chi connectivity index (χ1) is 7.36. The molecular weight excluding hydrogens is 194 g/mol. The van der Waals surface area contributed by atoms with Crippen molar-refractivity contribution in [3.05, 3.63) is 12.3 Å². The van der Waals surface area contributed by atoms with Crippen molar-refractivity contribution in [2.75, 3.05) is 36.5 Å². The zero-order chi connectivity index (χ0) is 10.3. The summed E-state index contributed by atoms with van der Waals surface area (Å²) in [6.07, 6.45) is 1.79. The maximum Gasteiger partial charge on any atom is 0.154 e. The number of anilines is 3.